The van der Waals surface area contributed by atoms with Crippen molar-refractivity contribution in [1.29, 1.82) is 0 Å². The van der Waals surface area contributed by atoms with E-state index in [2.05, 4.69) is 46.1 Å². The van der Waals surface area contributed by atoms with Gasteiger partial charge in [0, 0.05) is 18.9 Å². The Morgan fingerprint density at radius 1 is 1.16 bits per heavy atom. The quantitative estimate of drug-likeness (QED) is 0.659. The topological polar surface area (TPSA) is 64.3 Å². The molecule has 0 aliphatic heterocycles. The Hall–Kier alpha value is -2.73. The van der Waals surface area contributed by atoms with Crippen LogP contribution < -0.4 is 4.74 Å². The summed E-state index contributed by atoms with van der Waals surface area (Å²) in [5, 5.41) is 8.17. The standard InChI is InChI=1S/C19H22N4O2/c1-14-6-7-17(15(2)11-14)24-10-9-23(3)13-18-21-22-19(25-18)16-5-4-8-20-12-16/h4-8,11-12H,9-10,13H2,1-3H3. The lowest BCUT2D eigenvalue weighted by atomic mass is 10.1. The van der Waals surface area contributed by atoms with Crippen LogP contribution in [0.15, 0.2) is 47.1 Å². The third-order valence-electron chi connectivity index (χ3n) is 3.84. The lowest BCUT2D eigenvalue weighted by Crippen LogP contribution is -2.24. The number of benzene rings is 1. The molecule has 0 atom stereocenters. The van der Waals surface area contributed by atoms with Crippen LogP contribution in [0, 0.1) is 13.8 Å². The van der Waals surface area contributed by atoms with Crippen LogP contribution >= 0.6 is 0 Å². The summed E-state index contributed by atoms with van der Waals surface area (Å²) in [7, 11) is 2.00. The lowest BCUT2D eigenvalue weighted by Gasteiger charge is -2.15. The molecule has 6 nitrogen and oxygen atoms in total. The van der Waals surface area contributed by atoms with Crippen molar-refractivity contribution in [3.05, 3.63) is 59.7 Å². The second-order valence-electron chi connectivity index (χ2n) is 6.10. The molecule has 6 heteroatoms. The molecule has 1 aromatic carbocycles. The number of nitrogens with zero attached hydrogens (tertiary/aromatic N) is 4. The molecule has 0 fully saturated rings. The number of hydrogen-bond donors (Lipinski definition) is 0. The molecule has 0 saturated heterocycles. The van der Waals surface area contributed by atoms with E-state index in [1.807, 2.05) is 25.2 Å². The Morgan fingerprint density at radius 3 is 2.80 bits per heavy atom. The summed E-state index contributed by atoms with van der Waals surface area (Å²) in [6, 6.07) is 9.94. The summed E-state index contributed by atoms with van der Waals surface area (Å²) in [6.45, 7) is 6.07. The van der Waals surface area contributed by atoms with Crippen molar-refractivity contribution in [2.75, 3.05) is 20.2 Å². The summed E-state index contributed by atoms with van der Waals surface area (Å²) in [4.78, 5) is 6.15. The highest BCUT2D eigenvalue weighted by molar-refractivity contribution is 5.49. The number of aromatic nitrogens is 3. The van der Waals surface area contributed by atoms with E-state index in [9.17, 15) is 0 Å². The molecule has 0 aliphatic carbocycles. The van der Waals surface area contributed by atoms with Gasteiger partial charge in [0.2, 0.25) is 11.8 Å². The van der Waals surface area contributed by atoms with Crippen LogP contribution in [-0.2, 0) is 6.54 Å². The molecule has 2 aromatic heterocycles. The average Bonchev–Trinajstić information content (AvgIpc) is 3.06. The van der Waals surface area contributed by atoms with Crippen molar-refractivity contribution < 1.29 is 9.15 Å². The number of aryl methyl sites for hydroxylation is 2. The lowest BCUT2D eigenvalue weighted by molar-refractivity contribution is 0.219. The SMILES string of the molecule is Cc1ccc(OCCN(C)Cc2nnc(-c3cccnc3)o2)c(C)c1. The van der Waals surface area contributed by atoms with Gasteiger partial charge in [-0.1, -0.05) is 17.7 Å². The highest BCUT2D eigenvalue weighted by Gasteiger charge is 2.11. The maximum absolute atomic E-state index is 5.86. The van der Waals surface area contributed by atoms with Gasteiger partial charge in [-0.15, -0.1) is 10.2 Å². The van der Waals surface area contributed by atoms with E-state index in [0.717, 1.165) is 23.4 Å². The molecule has 3 rings (SSSR count). The minimum absolute atomic E-state index is 0.489. The molecule has 0 bridgehead atoms. The van der Waals surface area contributed by atoms with Crippen molar-refractivity contribution in [3.8, 4) is 17.2 Å². The molecule has 0 saturated carbocycles. The van der Waals surface area contributed by atoms with Crippen LogP contribution in [0.2, 0.25) is 0 Å². The van der Waals surface area contributed by atoms with Gasteiger partial charge in [0.1, 0.15) is 12.4 Å². The van der Waals surface area contributed by atoms with E-state index in [1.54, 1.807) is 12.4 Å². The highest BCUT2D eigenvalue weighted by Crippen LogP contribution is 2.19. The fourth-order valence-corrected chi connectivity index (χ4v) is 2.51. The van der Waals surface area contributed by atoms with E-state index >= 15 is 0 Å². The molecule has 25 heavy (non-hydrogen) atoms. The van der Waals surface area contributed by atoms with E-state index in [4.69, 9.17) is 9.15 Å². The molecule has 0 amide bonds. The van der Waals surface area contributed by atoms with Crippen LogP contribution in [0.5, 0.6) is 5.75 Å². The Kier molecular flexibility index (Phi) is 5.40. The summed E-state index contributed by atoms with van der Waals surface area (Å²) in [5.74, 6) is 1.99. The van der Waals surface area contributed by atoms with Gasteiger partial charge < -0.3 is 9.15 Å². The van der Waals surface area contributed by atoms with Gasteiger partial charge in [-0.05, 0) is 44.7 Å². The monoisotopic (exact) mass is 338 g/mol. The molecular weight excluding hydrogens is 316 g/mol. The van der Waals surface area contributed by atoms with Crippen LogP contribution in [0.1, 0.15) is 17.0 Å². The van der Waals surface area contributed by atoms with Crippen molar-refractivity contribution in [2.45, 2.75) is 20.4 Å². The first-order chi connectivity index (χ1) is 12.1. The molecule has 0 N–H and O–H groups in total. The van der Waals surface area contributed by atoms with Crippen molar-refractivity contribution in [2.24, 2.45) is 0 Å². The molecular formula is C19H22N4O2. The van der Waals surface area contributed by atoms with Gasteiger partial charge in [0.15, 0.2) is 0 Å². The predicted molar refractivity (Wildman–Crippen MR) is 95.3 cm³/mol. The summed E-state index contributed by atoms with van der Waals surface area (Å²) in [6.07, 6.45) is 3.42. The molecule has 3 aromatic rings. The first-order valence-electron chi connectivity index (χ1n) is 8.23. The largest absolute Gasteiger partial charge is 0.492 e. The van der Waals surface area contributed by atoms with E-state index in [-0.39, 0.29) is 0 Å². The Morgan fingerprint density at radius 2 is 2.04 bits per heavy atom. The van der Waals surface area contributed by atoms with Crippen LogP contribution in [-0.4, -0.2) is 40.3 Å². The van der Waals surface area contributed by atoms with Gasteiger partial charge in [0.25, 0.3) is 0 Å². The molecule has 0 unspecified atom stereocenters. The van der Waals surface area contributed by atoms with Gasteiger partial charge >= 0.3 is 0 Å². The van der Waals surface area contributed by atoms with Crippen molar-refractivity contribution >= 4 is 0 Å². The average molecular weight is 338 g/mol. The van der Waals surface area contributed by atoms with E-state index in [1.165, 1.54) is 5.56 Å². The minimum atomic E-state index is 0.489. The summed E-state index contributed by atoms with van der Waals surface area (Å²) >= 11 is 0. The van der Waals surface area contributed by atoms with Crippen LogP contribution in [0.4, 0.5) is 0 Å². The Labute approximate surface area is 147 Å². The van der Waals surface area contributed by atoms with Gasteiger partial charge in [-0.3, -0.25) is 9.88 Å². The maximum Gasteiger partial charge on any atom is 0.249 e. The molecule has 130 valence electrons. The van der Waals surface area contributed by atoms with E-state index < -0.39 is 0 Å². The van der Waals surface area contributed by atoms with Crippen LogP contribution in [0.3, 0.4) is 0 Å². The zero-order valence-corrected chi connectivity index (χ0v) is 14.8. The number of ether oxygens (including phenoxy) is 1. The minimum Gasteiger partial charge on any atom is -0.492 e. The molecule has 2 heterocycles. The Bertz CT molecular complexity index is 817. The molecule has 0 aliphatic rings. The zero-order chi connectivity index (χ0) is 17.6. The molecule has 0 spiro atoms. The first kappa shape index (κ1) is 17.1. The summed E-state index contributed by atoms with van der Waals surface area (Å²) in [5.41, 5.74) is 3.21. The normalized spacial score (nSPS) is 11.0. The number of likely N-dealkylation sites (N-methyl/N-ethyl adjacent to an activating group) is 1. The number of rotatable bonds is 7. The van der Waals surface area contributed by atoms with Gasteiger partial charge in [-0.2, -0.15) is 0 Å². The second kappa shape index (κ2) is 7.90. The third-order valence-corrected chi connectivity index (χ3v) is 3.84. The van der Waals surface area contributed by atoms with Gasteiger partial charge in [0.05, 0.1) is 12.1 Å². The zero-order valence-electron chi connectivity index (χ0n) is 14.8. The predicted octanol–water partition coefficient (Wildman–Crippen LogP) is 3.26. The van der Waals surface area contributed by atoms with Gasteiger partial charge in [-0.25, -0.2) is 0 Å². The fourth-order valence-electron chi connectivity index (χ4n) is 2.51. The Balaban J connectivity index is 1.49. The highest BCUT2D eigenvalue weighted by atomic mass is 16.5. The maximum atomic E-state index is 5.86. The van der Waals surface area contributed by atoms with Crippen LogP contribution in [0.25, 0.3) is 11.5 Å². The molecule has 0 radical (unpaired) electrons. The van der Waals surface area contributed by atoms with Crippen molar-refractivity contribution in [3.63, 3.8) is 0 Å². The number of pyridine rings is 1. The second-order valence-corrected chi connectivity index (χ2v) is 6.10. The number of hydrogen-bond acceptors (Lipinski definition) is 6. The van der Waals surface area contributed by atoms with E-state index in [0.29, 0.717) is 24.9 Å². The fraction of sp³-hybridized carbons (Fsp3) is 0.316. The smallest absolute Gasteiger partial charge is 0.249 e. The van der Waals surface area contributed by atoms with Crippen molar-refractivity contribution in [1.82, 2.24) is 20.1 Å². The first-order valence-corrected chi connectivity index (χ1v) is 8.23. The summed E-state index contributed by atoms with van der Waals surface area (Å²) < 4.78 is 11.6. The third kappa shape index (κ3) is 4.64.